The molecule has 0 saturated carbocycles. The summed E-state index contributed by atoms with van der Waals surface area (Å²) in [6.45, 7) is 1.63. The average molecular weight is 387 g/mol. The first-order valence-corrected chi connectivity index (χ1v) is 8.77. The number of hydrogen-bond donors (Lipinski definition) is 1. The van der Waals surface area contributed by atoms with Crippen LogP contribution in [0.1, 0.15) is 24.1 Å². The fourth-order valence-electron chi connectivity index (χ4n) is 3.38. The molecule has 1 amide bonds. The molecule has 146 valence electrons. The van der Waals surface area contributed by atoms with Crippen LogP contribution in [0.5, 0.6) is 0 Å². The predicted molar refractivity (Wildman–Crippen MR) is 102 cm³/mol. The number of halogens is 3. The topological polar surface area (TPSA) is 38.3 Å². The SMILES string of the molecule is CO[C@@](C(=O)N[C@H](C)c1ccccc1)(c1cccc2ccccc12)C(F)(F)F. The number of fused-ring (bicyclic) bond motifs is 1. The third kappa shape index (κ3) is 3.36. The largest absolute Gasteiger partial charge is 0.430 e. The van der Waals surface area contributed by atoms with Gasteiger partial charge in [0.05, 0.1) is 6.04 Å². The van der Waals surface area contributed by atoms with Crippen molar-refractivity contribution in [3.05, 3.63) is 83.9 Å². The number of nitrogens with one attached hydrogen (secondary N) is 1. The maximum atomic E-state index is 14.3. The molecule has 0 unspecified atom stereocenters. The smallest absolute Gasteiger partial charge is 0.356 e. The van der Waals surface area contributed by atoms with E-state index in [1.807, 2.05) is 0 Å². The molecule has 28 heavy (non-hydrogen) atoms. The number of carbonyl (C=O) groups excluding carboxylic acids is 1. The van der Waals surface area contributed by atoms with Crippen LogP contribution in [0.2, 0.25) is 0 Å². The zero-order chi connectivity index (χ0) is 20.4. The number of methoxy groups -OCH3 is 1. The van der Waals surface area contributed by atoms with Gasteiger partial charge in [0.1, 0.15) is 0 Å². The first-order valence-electron chi connectivity index (χ1n) is 8.77. The molecule has 0 bridgehead atoms. The lowest BCUT2D eigenvalue weighted by atomic mass is 9.87. The van der Waals surface area contributed by atoms with Gasteiger partial charge in [0.25, 0.3) is 11.5 Å². The van der Waals surface area contributed by atoms with Crippen LogP contribution in [0.3, 0.4) is 0 Å². The van der Waals surface area contributed by atoms with E-state index in [0.29, 0.717) is 16.3 Å². The van der Waals surface area contributed by atoms with E-state index in [1.165, 1.54) is 12.1 Å². The van der Waals surface area contributed by atoms with Crippen molar-refractivity contribution in [2.45, 2.75) is 24.7 Å². The van der Waals surface area contributed by atoms with Crippen molar-refractivity contribution in [3.8, 4) is 0 Å². The molecular formula is C22H20F3NO2. The molecule has 0 fully saturated rings. The van der Waals surface area contributed by atoms with Gasteiger partial charge in [-0.25, -0.2) is 0 Å². The Hall–Kier alpha value is -2.86. The molecule has 0 aromatic heterocycles. The molecule has 1 N–H and O–H groups in total. The summed E-state index contributed by atoms with van der Waals surface area (Å²) in [5, 5.41) is 3.38. The lowest BCUT2D eigenvalue weighted by molar-refractivity contribution is -0.265. The molecule has 6 heteroatoms. The normalized spacial score (nSPS) is 15.0. The fourth-order valence-corrected chi connectivity index (χ4v) is 3.38. The Labute approximate surface area is 161 Å². The summed E-state index contributed by atoms with van der Waals surface area (Å²) in [6, 6.07) is 19.3. The minimum Gasteiger partial charge on any atom is -0.356 e. The minimum absolute atomic E-state index is 0.238. The molecule has 3 rings (SSSR count). The molecule has 0 aliphatic rings. The van der Waals surface area contributed by atoms with Gasteiger partial charge in [0.15, 0.2) is 0 Å². The molecular weight excluding hydrogens is 367 g/mol. The molecule has 0 heterocycles. The highest BCUT2D eigenvalue weighted by atomic mass is 19.4. The third-order valence-corrected chi connectivity index (χ3v) is 4.84. The predicted octanol–water partition coefficient (Wildman–Crippen LogP) is 5.12. The summed E-state index contributed by atoms with van der Waals surface area (Å²) in [4.78, 5) is 13.0. The number of alkyl halides is 3. The highest BCUT2D eigenvalue weighted by molar-refractivity contribution is 5.95. The zero-order valence-corrected chi connectivity index (χ0v) is 15.5. The van der Waals surface area contributed by atoms with Crippen molar-refractivity contribution in [1.29, 1.82) is 0 Å². The van der Waals surface area contributed by atoms with Crippen LogP contribution in [0, 0.1) is 0 Å². The molecule has 0 radical (unpaired) electrons. The van der Waals surface area contributed by atoms with E-state index in [2.05, 4.69) is 5.32 Å². The van der Waals surface area contributed by atoms with Gasteiger partial charge in [-0.3, -0.25) is 4.79 Å². The van der Waals surface area contributed by atoms with Gasteiger partial charge in [0, 0.05) is 12.7 Å². The number of carbonyl (C=O) groups is 1. The van der Waals surface area contributed by atoms with E-state index in [4.69, 9.17) is 4.74 Å². The summed E-state index contributed by atoms with van der Waals surface area (Å²) in [5.41, 5.74) is -2.67. The van der Waals surface area contributed by atoms with E-state index < -0.39 is 23.7 Å². The maximum Gasteiger partial charge on any atom is 0.430 e. The van der Waals surface area contributed by atoms with Crippen molar-refractivity contribution in [2.24, 2.45) is 0 Å². The summed E-state index contributed by atoms with van der Waals surface area (Å²) in [5.74, 6) is -1.25. The van der Waals surface area contributed by atoms with Gasteiger partial charge in [-0.1, -0.05) is 72.8 Å². The van der Waals surface area contributed by atoms with E-state index in [0.717, 1.165) is 7.11 Å². The molecule has 3 aromatic carbocycles. The molecule has 0 aliphatic heterocycles. The number of rotatable bonds is 5. The van der Waals surface area contributed by atoms with Gasteiger partial charge < -0.3 is 10.1 Å². The lowest BCUT2D eigenvalue weighted by Gasteiger charge is -2.35. The fraction of sp³-hybridized carbons (Fsp3) is 0.227. The minimum atomic E-state index is -4.97. The van der Waals surface area contributed by atoms with Gasteiger partial charge in [0.2, 0.25) is 0 Å². The average Bonchev–Trinajstić information content (AvgIpc) is 2.68. The Kier molecular flexibility index (Phi) is 5.42. The van der Waals surface area contributed by atoms with Crippen LogP contribution in [-0.2, 0) is 15.1 Å². The summed E-state index contributed by atoms with van der Waals surface area (Å²) < 4.78 is 47.9. The van der Waals surface area contributed by atoms with Gasteiger partial charge in [-0.05, 0) is 23.3 Å². The lowest BCUT2D eigenvalue weighted by Crippen LogP contribution is -2.56. The highest BCUT2D eigenvalue weighted by Crippen LogP contribution is 2.45. The first-order chi connectivity index (χ1) is 13.3. The second-order valence-corrected chi connectivity index (χ2v) is 6.52. The zero-order valence-electron chi connectivity index (χ0n) is 15.5. The second-order valence-electron chi connectivity index (χ2n) is 6.52. The van der Waals surface area contributed by atoms with Crippen molar-refractivity contribution in [2.75, 3.05) is 7.11 Å². The molecule has 3 nitrogen and oxygen atoms in total. The van der Waals surface area contributed by atoms with Gasteiger partial charge in [-0.2, -0.15) is 13.2 Å². The van der Waals surface area contributed by atoms with E-state index >= 15 is 0 Å². The van der Waals surface area contributed by atoms with Crippen LogP contribution in [-0.4, -0.2) is 19.2 Å². The first kappa shape index (κ1) is 19.9. The van der Waals surface area contributed by atoms with Crippen molar-refractivity contribution in [3.63, 3.8) is 0 Å². The Bertz CT molecular complexity index is 967. The van der Waals surface area contributed by atoms with Crippen molar-refractivity contribution < 1.29 is 22.7 Å². The number of benzene rings is 3. The Morgan fingerprint density at radius 2 is 1.54 bits per heavy atom. The Morgan fingerprint density at radius 1 is 0.929 bits per heavy atom. The van der Waals surface area contributed by atoms with Crippen LogP contribution >= 0.6 is 0 Å². The summed E-state index contributed by atoms with van der Waals surface area (Å²) in [6.07, 6.45) is -4.97. The quantitative estimate of drug-likeness (QED) is 0.660. The third-order valence-electron chi connectivity index (χ3n) is 4.84. The highest BCUT2D eigenvalue weighted by Gasteiger charge is 2.63. The number of hydrogen-bond acceptors (Lipinski definition) is 2. The summed E-state index contributed by atoms with van der Waals surface area (Å²) in [7, 11) is 0.905. The summed E-state index contributed by atoms with van der Waals surface area (Å²) >= 11 is 0. The van der Waals surface area contributed by atoms with E-state index in [1.54, 1.807) is 67.6 Å². The maximum absolute atomic E-state index is 14.3. The monoisotopic (exact) mass is 387 g/mol. The number of ether oxygens (including phenoxy) is 1. The van der Waals surface area contributed by atoms with E-state index in [-0.39, 0.29) is 5.56 Å². The molecule has 2 atom stereocenters. The van der Waals surface area contributed by atoms with Gasteiger partial charge in [-0.15, -0.1) is 0 Å². The van der Waals surface area contributed by atoms with Crippen molar-refractivity contribution >= 4 is 16.7 Å². The Morgan fingerprint density at radius 3 is 2.18 bits per heavy atom. The number of amides is 1. The molecule has 0 spiro atoms. The van der Waals surface area contributed by atoms with E-state index in [9.17, 15) is 18.0 Å². The molecule has 0 aliphatic carbocycles. The van der Waals surface area contributed by atoms with Crippen LogP contribution in [0.25, 0.3) is 10.8 Å². The van der Waals surface area contributed by atoms with Crippen LogP contribution in [0.15, 0.2) is 72.8 Å². The van der Waals surface area contributed by atoms with Crippen LogP contribution in [0.4, 0.5) is 13.2 Å². The van der Waals surface area contributed by atoms with Crippen molar-refractivity contribution in [1.82, 2.24) is 5.32 Å². The second kappa shape index (κ2) is 7.64. The van der Waals surface area contributed by atoms with Crippen LogP contribution < -0.4 is 5.32 Å². The van der Waals surface area contributed by atoms with Gasteiger partial charge >= 0.3 is 6.18 Å². The standard InChI is InChI=1S/C22H20F3NO2/c1-15(16-9-4-3-5-10-16)26-20(27)21(28-2,22(23,24)25)19-14-8-12-17-11-6-7-13-18(17)19/h3-15H,1-2H3,(H,26,27)/t15-,21-/m1/s1. The Balaban J connectivity index is 2.12. The molecule has 0 saturated heterocycles. The molecule has 3 aromatic rings.